The summed E-state index contributed by atoms with van der Waals surface area (Å²) in [5.41, 5.74) is 0.0432. The molecular weight excluding hydrogens is 356 g/mol. The van der Waals surface area contributed by atoms with Crippen LogP contribution < -0.4 is 4.72 Å². The smallest absolute Gasteiger partial charge is 0.336 e. The van der Waals surface area contributed by atoms with Crippen LogP contribution in [0.2, 0.25) is 5.02 Å². The summed E-state index contributed by atoms with van der Waals surface area (Å²) in [7, 11) is -3.88. The van der Waals surface area contributed by atoms with Crippen LogP contribution in [-0.4, -0.2) is 63.3 Å². The largest absolute Gasteiger partial charge is 0.478 e. The predicted molar refractivity (Wildman–Crippen MR) is 90.2 cm³/mol. The molecule has 1 heterocycles. The first-order chi connectivity index (χ1) is 11.2. The number of hydrogen-bond acceptors (Lipinski definition) is 5. The molecule has 0 saturated carbocycles. The normalized spacial score (nSPS) is 17.6. The van der Waals surface area contributed by atoms with Gasteiger partial charge in [0.15, 0.2) is 0 Å². The molecule has 7 nitrogen and oxygen atoms in total. The molecule has 2 rings (SSSR count). The zero-order valence-corrected chi connectivity index (χ0v) is 15.2. The predicted octanol–water partition coefficient (Wildman–Crippen LogP) is 1.35. The summed E-state index contributed by atoms with van der Waals surface area (Å²) in [5, 5.41) is 9.25. The van der Waals surface area contributed by atoms with E-state index >= 15 is 0 Å². The molecule has 1 aromatic carbocycles. The Morgan fingerprint density at radius 1 is 1.42 bits per heavy atom. The van der Waals surface area contributed by atoms with Gasteiger partial charge in [-0.3, -0.25) is 4.90 Å². The lowest BCUT2D eigenvalue weighted by atomic mass is 10.1. The molecule has 1 unspecified atom stereocenters. The summed E-state index contributed by atoms with van der Waals surface area (Å²) in [6.45, 7) is 6.56. The van der Waals surface area contributed by atoms with Gasteiger partial charge in [-0.1, -0.05) is 11.6 Å². The molecule has 0 aliphatic carbocycles. The Bertz CT molecular complexity index is 717. The number of carboxylic acids is 1. The molecule has 1 aromatic rings. The van der Waals surface area contributed by atoms with Gasteiger partial charge in [0, 0.05) is 30.7 Å². The Morgan fingerprint density at radius 2 is 2.04 bits per heavy atom. The number of morpholine rings is 1. The van der Waals surface area contributed by atoms with Crippen LogP contribution in [0.15, 0.2) is 17.0 Å². The average Bonchev–Trinajstić information content (AvgIpc) is 2.49. The highest BCUT2D eigenvalue weighted by Gasteiger charge is 2.25. The fourth-order valence-electron chi connectivity index (χ4n) is 2.69. The van der Waals surface area contributed by atoms with E-state index in [9.17, 15) is 18.3 Å². The second-order valence-electron chi connectivity index (χ2n) is 5.82. The van der Waals surface area contributed by atoms with Gasteiger partial charge in [-0.05, 0) is 31.5 Å². The zero-order chi connectivity index (χ0) is 17.9. The van der Waals surface area contributed by atoms with Gasteiger partial charge < -0.3 is 9.84 Å². The lowest BCUT2D eigenvalue weighted by Gasteiger charge is -2.29. The minimum Gasteiger partial charge on any atom is -0.478 e. The maximum absolute atomic E-state index is 12.6. The van der Waals surface area contributed by atoms with Crippen LogP contribution in [0.1, 0.15) is 22.8 Å². The first-order valence-corrected chi connectivity index (χ1v) is 9.42. The van der Waals surface area contributed by atoms with Crippen molar-refractivity contribution in [3.8, 4) is 0 Å². The van der Waals surface area contributed by atoms with Gasteiger partial charge in [-0.25, -0.2) is 17.9 Å². The lowest BCUT2D eigenvalue weighted by molar-refractivity contribution is 0.0354. The zero-order valence-electron chi connectivity index (χ0n) is 13.6. The third kappa shape index (κ3) is 4.67. The number of halogens is 1. The highest BCUT2D eigenvalue weighted by molar-refractivity contribution is 7.89. The van der Waals surface area contributed by atoms with Crippen molar-refractivity contribution in [1.82, 2.24) is 9.62 Å². The van der Waals surface area contributed by atoms with E-state index in [-0.39, 0.29) is 27.1 Å². The summed E-state index contributed by atoms with van der Waals surface area (Å²) < 4.78 is 33.1. The fraction of sp³-hybridized carbons (Fsp3) is 0.533. The molecule has 24 heavy (non-hydrogen) atoms. The molecule has 1 fully saturated rings. The monoisotopic (exact) mass is 376 g/mol. The van der Waals surface area contributed by atoms with Crippen LogP contribution in [0, 0.1) is 6.92 Å². The number of benzene rings is 1. The molecular formula is C15H21ClN2O5S. The van der Waals surface area contributed by atoms with Crippen molar-refractivity contribution in [2.45, 2.75) is 24.8 Å². The van der Waals surface area contributed by atoms with Gasteiger partial charge in [0.05, 0.1) is 23.7 Å². The van der Waals surface area contributed by atoms with Crippen molar-refractivity contribution >= 4 is 27.6 Å². The Balaban J connectivity index is 2.19. The van der Waals surface area contributed by atoms with E-state index in [0.717, 1.165) is 13.1 Å². The quantitative estimate of drug-likeness (QED) is 0.778. The molecule has 1 atom stereocenters. The standard InChI is InChI=1S/C15H21ClN2O5S/c1-10(9-18-3-5-23-6-4-18)17-24(21,22)14-8-12(16)7-13(11(14)2)15(19)20/h7-8,10,17H,3-6,9H2,1-2H3,(H,19,20). The summed E-state index contributed by atoms with van der Waals surface area (Å²) in [4.78, 5) is 13.3. The van der Waals surface area contributed by atoms with Crippen molar-refractivity contribution in [3.05, 3.63) is 28.3 Å². The second kappa shape index (κ2) is 7.79. The number of carbonyl (C=O) groups is 1. The SMILES string of the molecule is Cc1c(C(=O)O)cc(Cl)cc1S(=O)(=O)NC(C)CN1CCOCC1. The summed E-state index contributed by atoms with van der Waals surface area (Å²) in [6, 6.07) is 2.18. The van der Waals surface area contributed by atoms with E-state index in [2.05, 4.69) is 9.62 Å². The molecule has 0 bridgehead atoms. The van der Waals surface area contributed by atoms with Crippen molar-refractivity contribution in [2.75, 3.05) is 32.8 Å². The number of nitrogens with zero attached hydrogens (tertiary/aromatic N) is 1. The van der Waals surface area contributed by atoms with E-state index < -0.39 is 16.0 Å². The van der Waals surface area contributed by atoms with Gasteiger partial charge in [0.2, 0.25) is 10.0 Å². The highest BCUT2D eigenvalue weighted by Crippen LogP contribution is 2.24. The van der Waals surface area contributed by atoms with Crippen molar-refractivity contribution in [2.24, 2.45) is 0 Å². The Kier molecular flexibility index (Phi) is 6.22. The number of nitrogens with one attached hydrogen (secondary N) is 1. The molecule has 1 saturated heterocycles. The molecule has 1 aliphatic rings. The third-order valence-corrected chi connectivity index (χ3v) is 5.77. The Morgan fingerprint density at radius 3 is 2.62 bits per heavy atom. The van der Waals surface area contributed by atoms with E-state index in [1.165, 1.54) is 19.1 Å². The van der Waals surface area contributed by atoms with Crippen LogP contribution in [0.5, 0.6) is 0 Å². The number of hydrogen-bond donors (Lipinski definition) is 2. The number of rotatable bonds is 6. The summed E-state index contributed by atoms with van der Waals surface area (Å²) >= 11 is 5.89. The van der Waals surface area contributed by atoms with E-state index in [0.29, 0.717) is 19.8 Å². The minimum absolute atomic E-state index is 0.0687. The van der Waals surface area contributed by atoms with Gasteiger partial charge in [-0.2, -0.15) is 0 Å². The maximum atomic E-state index is 12.6. The van der Waals surface area contributed by atoms with E-state index in [1.807, 2.05) is 0 Å². The van der Waals surface area contributed by atoms with Gasteiger partial charge >= 0.3 is 5.97 Å². The number of carboxylic acid groups (broad SMARTS) is 1. The maximum Gasteiger partial charge on any atom is 0.336 e. The first-order valence-electron chi connectivity index (χ1n) is 7.56. The highest BCUT2D eigenvalue weighted by atomic mass is 35.5. The van der Waals surface area contributed by atoms with Crippen molar-refractivity contribution in [1.29, 1.82) is 0 Å². The topological polar surface area (TPSA) is 95.9 Å². The Hall–Kier alpha value is -1.19. The number of aromatic carboxylic acids is 1. The van der Waals surface area contributed by atoms with Gasteiger partial charge in [0.25, 0.3) is 0 Å². The lowest BCUT2D eigenvalue weighted by Crippen LogP contribution is -2.46. The van der Waals surface area contributed by atoms with Crippen LogP contribution in [0.4, 0.5) is 0 Å². The fourth-order valence-corrected chi connectivity index (χ4v) is 4.50. The van der Waals surface area contributed by atoms with Crippen LogP contribution in [0.25, 0.3) is 0 Å². The third-order valence-electron chi connectivity index (χ3n) is 3.84. The summed E-state index contributed by atoms with van der Waals surface area (Å²) in [5.74, 6) is -1.21. The average molecular weight is 377 g/mol. The van der Waals surface area contributed by atoms with E-state index in [4.69, 9.17) is 16.3 Å². The van der Waals surface area contributed by atoms with Crippen molar-refractivity contribution in [3.63, 3.8) is 0 Å². The Labute approximate surface area is 146 Å². The number of ether oxygens (including phenoxy) is 1. The molecule has 0 aromatic heterocycles. The molecule has 0 spiro atoms. The van der Waals surface area contributed by atoms with Crippen LogP contribution in [-0.2, 0) is 14.8 Å². The number of sulfonamides is 1. The molecule has 9 heteroatoms. The van der Waals surface area contributed by atoms with Crippen LogP contribution in [0.3, 0.4) is 0 Å². The first kappa shape index (κ1) is 19.1. The molecule has 134 valence electrons. The second-order valence-corrected chi connectivity index (χ2v) is 7.94. The molecule has 0 amide bonds. The summed E-state index contributed by atoms with van der Waals surface area (Å²) in [6.07, 6.45) is 0. The molecule has 2 N–H and O–H groups in total. The van der Waals surface area contributed by atoms with Crippen molar-refractivity contribution < 1.29 is 23.1 Å². The van der Waals surface area contributed by atoms with Gasteiger partial charge in [0.1, 0.15) is 0 Å². The molecule has 1 aliphatic heterocycles. The van der Waals surface area contributed by atoms with Gasteiger partial charge in [-0.15, -0.1) is 0 Å². The minimum atomic E-state index is -3.88. The van der Waals surface area contributed by atoms with Crippen LogP contribution >= 0.6 is 11.6 Å². The van der Waals surface area contributed by atoms with E-state index in [1.54, 1.807) is 6.92 Å². The molecule has 0 radical (unpaired) electrons.